The summed E-state index contributed by atoms with van der Waals surface area (Å²) >= 11 is 0. The van der Waals surface area contributed by atoms with E-state index >= 15 is 0 Å². The van der Waals surface area contributed by atoms with E-state index in [0.717, 1.165) is 5.69 Å². The van der Waals surface area contributed by atoms with E-state index in [4.69, 9.17) is 10.8 Å². The van der Waals surface area contributed by atoms with Gasteiger partial charge < -0.3 is 15.8 Å². The summed E-state index contributed by atoms with van der Waals surface area (Å²) in [4.78, 5) is 16.8. The van der Waals surface area contributed by atoms with Gasteiger partial charge in [0.15, 0.2) is 0 Å². The number of aromatic amines is 1. The van der Waals surface area contributed by atoms with Gasteiger partial charge in [-0.2, -0.15) is 0 Å². The van der Waals surface area contributed by atoms with Gasteiger partial charge in [0.05, 0.1) is 6.33 Å². The molecule has 4 N–H and O–H groups in total. The summed E-state index contributed by atoms with van der Waals surface area (Å²) in [5.74, 6) is -1.00. The minimum atomic E-state index is -1.00. The van der Waals surface area contributed by atoms with Crippen LogP contribution in [0.4, 0.5) is 0 Å². The van der Waals surface area contributed by atoms with Gasteiger partial charge >= 0.3 is 51.5 Å². The first-order chi connectivity index (χ1) is 5.20. The van der Waals surface area contributed by atoms with E-state index in [2.05, 4.69) is 9.97 Å². The van der Waals surface area contributed by atoms with Crippen LogP contribution in [0, 0.1) is 0 Å². The molecule has 0 amide bonds. The maximum atomic E-state index is 10.3. The van der Waals surface area contributed by atoms with Crippen LogP contribution in [0.3, 0.4) is 0 Å². The van der Waals surface area contributed by atoms with Crippen molar-refractivity contribution in [1.82, 2.24) is 9.97 Å². The van der Waals surface area contributed by atoms with Crippen LogP contribution in [0.15, 0.2) is 12.5 Å². The Morgan fingerprint density at radius 1 is 1.83 bits per heavy atom. The monoisotopic (exact) mass is 245 g/mol. The summed E-state index contributed by atoms with van der Waals surface area (Å²) in [7, 11) is 0. The molecule has 0 radical (unpaired) electrons. The molecule has 1 aromatic rings. The zero-order valence-electron chi connectivity index (χ0n) is 5.82. The second-order valence-electron chi connectivity index (χ2n) is 2.23. The van der Waals surface area contributed by atoms with E-state index in [1.807, 2.05) is 0 Å². The van der Waals surface area contributed by atoms with Crippen molar-refractivity contribution >= 4 is 51.5 Å². The van der Waals surface area contributed by atoms with Gasteiger partial charge in [-0.1, -0.05) is 0 Å². The number of nitrogens with two attached hydrogens (primary N) is 1. The summed E-state index contributed by atoms with van der Waals surface area (Å²) in [6, 6.07) is -0.851. The van der Waals surface area contributed by atoms with Gasteiger partial charge in [0.2, 0.25) is 0 Å². The number of nitrogens with zero attached hydrogens (tertiary/aromatic N) is 1. The first kappa shape index (κ1) is 12.1. The Morgan fingerprint density at radius 3 is 2.92 bits per heavy atom. The molecule has 0 unspecified atom stereocenters. The molecule has 64 valence electrons. The fourth-order valence-corrected chi connectivity index (χ4v) is 0.721. The first-order valence-corrected chi connectivity index (χ1v) is 3.16. The van der Waals surface area contributed by atoms with Crippen molar-refractivity contribution in [2.24, 2.45) is 5.73 Å². The molecule has 0 spiro atoms. The zero-order chi connectivity index (χ0) is 8.27. The Hall–Kier alpha value is 0.121. The number of hydrogen-bond acceptors (Lipinski definition) is 3. The van der Waals surface area contributed by atoms with Crippen molar-refractivity contribution in [3.05, 3.63) is 18.2 Å². The van der Waals surface area contributed by atoms with Crippen LogP contribution in [0.2, 0.25) is 0 Å². The molecule has 0 saturated carbocycles. The van der Waals surface area contributed by atoms with Gasteiger partial charge in [0, 0.05) is 18.3 Å². The van der Waals surface area contributed by atoms with Crippen LogP contribution in [0.1, 0.15) is 5.69 Å². The molecule has 1 aromatic heterocycles. The number of aliphatic carboxylic acids is 1. The molecule has 0 aliphatic heterocycles. The average Bonchev–Trinajstić information content (AvgIpc) is 2.39. The van der Waals surface area contributed by atoms with Crippen molar-refractivity contribution in [3.63, 3.8) is 0 Å². The Morgan fingerprint density at radius 2 is 2.50 bits per heavy atom. The molecule has 0 aromatic carbocycles. The summed E-state index contributed by atoms with van der Waals surface area (Å²) < 4.78 is 0. The number of carboxylic acid groups (broad SMARTS) is 1. The Labute approximate surface area is 107 Å². The van der Waals surface area contributed by atoms with Gasteiger partial charge in [0.1, 0.15) is 6.04 Å². The minimum absolute atomic E-state index is 0. The van der Waals surface area contributed by atoms with Crippen molar-refractivity contribution in [1.29, 1.82) is 0 Å². The van der Waals surface area contributed by atoms with Crippen LogP contribution in [0.25, 0.3) is 0 Å². The number of nitrogens with one attached hydrogen (secondary N) is 1. The van der Waals surface area contributed by atoms with Crippen molar-refractivity contribution in [2.75, 3.05) is 0 Å². The number of carboxylic acids is 1. The molecule has 0 fully saturated rings. The van der Waals surface area contributed by atoms with Crippen LogP contribution in [-0.2, 0) is 11.2 Å². The van der Waals surface area contributed by atoms with Gasteiger partial charge in [0.25, 0.3) is 0 Å². The number of rotatable bonds is 3. The summed E-state index contributed by atoms with van der Waals surface area (Å²) in [6.07, 6.45) is 3.34. The SMILES string of the molecule is N[C@@H](Cc1cnc[nH]1)C(=O)O.[SrH2]. The Bertz CT molecular complexity index is 237. The number of carbonyl (C=O) groups is 1. The third-order valence-corrected chi connectivity index (χ3v) is 1.31. The van der Waals surface area contributed by atoms with E-state index in [-0.39, 0.29) is 51.9 Å². The predicted molar refractivity (Wildman–Crippen MR) is 46.4 cm³/mol. The van der Waals surface area contributed by atoms with E-state index < -0.39 is 12.0 Å². The third-order valence-electron chi connectivity index (χ3n) is 1.31. The molecule has 12 heavy (non-hydrogen) atoms. The molecule has 1 rings (SSSR count). The maximum absolute atomic E-state index is 10.3. The van der Waals surface area contributed by atoms with E-state index in [1.165, 1.54) is 6.33 Å². The van der Waals surface area contributed by atoms with E-state index in [0.29, 0.717) is 0 Å². The third kappa shape index (κ3) is 3.68. The standard InChI is InChI=1S/C6H9N3O2.Sr.2H/c7-5(6(10)11)1-4-2-8-3-9-4;;;/h2-3,5H,1,7H2,(H,8,9)(H,10,11);;;/t5-;;;/m0.../s1. The molecule has 6 heteroatoms. The molecule has 0 aliphatic rings. The predicted octanol–water partition coefficient (Wildman–Crippen LogP) is -1.55. The quantitative estimate of drug-likeness (QED) is 0.562. The average molecular weight is 245 g/mol. The molecule has 1 heterocycles. The van der Waals surface area contributed by atoms with Crippen LogP contribution in [-0.4, -0.2) is 72.6 Å². The summed E-state index contributed by atoms with van der Waals surface area (Å²) in [6.45, 7) is 0. The van der Waals surface area contributed by atoms with Gasteiger partial charge in [-0.15, -0.1) is 0 Å². The number of H-pyrrole nitrogens is 1. The van der Waals surface area contributed by atoms with Crippen LogP contribution < -0.4 is 5.73 Å². The van der Waals surface area contributed by atoms with E-state index in [9.17, 15) is 4.79 Å². The van der Waals surface area contributed by atoms with Crippen molar-refractivity contribution < 1.29 is 9.90 Å². The number of aromatic nitrogens is 2. The number of hydrogen-bond donors (Lipinski definition) is 3. The molecule has 5 nitrogen and oxygen atoms in total. The molecule has 1 atom stereocenters. The summed E-state index contributed by atoms with van der Waals surface area (Å²) in [5, 5.41) is 8.42. The van der Waals surface area contributed by atoms with Gasteiger partial charge in [-0.3, -0.25) is 4.79 Å². The van der Waals surface area contributed by atoms with Crippen molar-refractivity contribution in [3.8, 4) is 0 Å². The van der Waals surface area contributed by atoms with Crippen LogP contribution >= 0.6 is 0 Å². The Balaban J connectivity index is 0.00000121. The summed E-state index contributed by atoms with van der Waals surface area (Å²) in [5.41, 5.74) is 6.00. The topological polar surface area (TPSA) is 92.0 Å². The fourth-order valence-electron chi connectivity index (χ4n) is 0.721. The molecule has 0 saturated heterocycles. The molecular weight excluding hydrogens is 234 g/mol. The van der Waals surface area contributed by atoms with Gasteiger partial charge in [-0.25, -0.2) is 4.98 Å². The normalized spacial score (nSPS) is 11.8. The molecule has 0 bridgehead atoms. The second kappa shape index (κ2) is 5.71. The fraction of sp³-hybridized carbons (Fsp3) is 0.333. The van der Waals surface area contributed by atoms with E-state index in [1.54, 1.807) is 6.20 Å². The van der Waals surface area contributed by atoms with Gasteiger partial charge in [-0.05, 0) is 0 Å². The van der Waals surface area contributed by atoms with Crippen LogP contribution in [0.5, 0.6) is 0 Å². The zero-order valence-corrected chi connectivity index (χ0v) is 5.82. The number of imidazole rings is 1. The Kier molecular flexibility index (Phi) is 5.77. The molecule has 0 aliphatic carbocycles. The molecular formula is C6H11N3O2Sr. The van der Waals surface area contributed by atoms with Crippen molar-refractivity contribution in [2.45, 2.75) is 12.5 Å². The second-order valence-corrected chi connectivity index (χ2v) is 2.23. The first-order valence-electron chi connectivity index (χ1n) is 3.16.